The molecule has 2 aromatic rings. The zero-order valence-electron chi connectivity index (χ0n) is 11.3. The van der Waals surface area contributed by atoms with E-state index in [9.17, 15) is 9.50 Å². The lowest BCUT2D eigenvalue weighted by atomic mass is 10.1. The van der Waals surface area contributed by atoms with Crippen LogP contribution in [0.3, 0.4) is 0 Å². The number of aryl methyl sites for hydroxylation is 2. The standard InChI is InChI=1S/C13H16FN3OS/c1-7-5-12(10(8(2)18)6-11(7)14)19-13-16-15-9(3)17(13)4/h5-6,8,18H,1-4H3/t8-/m1/s1. The van der Waals surface area contributed by atoms with Gasteiger partial charge in [-0.1, -0.05) is 0 Å². The molecule has 0 saturated carbocycles. The van der Waals surface area contributed by atoms with Gasteiger partial charge < -0.3 is 9.67 Å². The number of halogens is 1. The van der Waals surface area contributed by atoms with Gasteiger partial charge in [0.2, 0.25) is 0 Å². The maximum atomic E-state index is 13.6. The highest BCUT2D eigenvalue weighted by atomic mass is 32.2. The molecule has 0 aliphatic rings. The molecular weight excluding hydrogens is 265 g/mol. The molecule has 1 aromatic heterocycles. The molecule has 0 bridgehead atoms. The Kier molecular flexibility index (Phi) is 3.91. The molecule has 0 unspecified atom stereocenters. The van der Waals surface area contributed by atoms with Crippen LogP contribution in [0.2, 0.25) is 0 Å². The molecule has 2 rings (SSSR count). The highest BCUT2D eigenvalue weighted by molar-refractivity contribution is 7.99. The molecule has 6 heteroatoms. The summed E-state index contributed by atoms with van der Waals surface area (Å²) in [4.78, 5) is 0.796. The lowest BCUT2D eigenvalue weighted by Gasteiger charge is -2.13. The highest BCUT2D eigenvalue weighted by Crippen LogP contribution is 2.34. The van der Waals surface area contributed by atoms with E-state index in [2.05, 4.69) is 10.2 Å². The zero-order chi connectivity index (χ0) is 14.2. The van der Waals surface area contributed by atoms with E-state index in [1.165, 1.54) is 17.8 Å². The molecule has 102 valence electrons. The number of hydrogen-bond donors (Lipinski definition) is 1. The lowest BCUT2D eigenvalue weighted by Crippen LogP contribution is -1.99. The zero-order valence-corrected chi connectivity index (χ0v) is 12.1. The first-order chi connectivity index (χ1) is 8.90. The molecule has 0 aliphatic heterocycles. The summed E-state index contributed by atoms with van der Waals surface area (Å²) in [6, 6.07) is 3.11. The van der Waals surface area contributed by atoms with Gasteiger partial charge in [-0.3, -0.25) is 0 Å². The summed E-state index contributed by atoms with van der Waals surface area (Å²) < 4.78 is 15.4. The third-order valence-corrected chi connectivity index (χ3v) is 4.11. The van der Waals surface area contributed by atoms with Crippen molar-refractivity contribution in [2.24, 2.45) is 7.05 Å². The Hall–Kier alpha value is -1.40. The van der Waals surface area contributed by atoms with Gasteiger partial charge >= 0.3 is 0 Å². The van der Waals surface area contributed by atoms with Crippen molar-refractivity contribution in [2.75, 3.05) is 0 Å². The van der Waals surface area contributed by atoms with Crippen LogP contribution in [0.4, 0.5) is 4.39 Å². The second-order valence-electron chi connectivity index (χ2n) is 4.51. The topological polar surface area (TPSA) is 50.9 Å². The molecule has 1 N–H and O–H groups in total. The maximum Gasteiger partial charge on any atom is 0.195 e. The molecular formula is C13H16FN3OS. The van der Waals surface area contributed by atoms with Gasteiger partial charge in [-0.2, -0.15) is 0 Å². The van der Waals surface area contributed by atoms with Crippen LogP contribution in [0.15, 0.2) is 22.2 Å². The van der Waals surface area contributed by atoms with E-state index in [4.69, 9.17) is 0 Å². The third kappa shape index (κ3) is 2.79. The lowest BCUT2D eigenvalue weighted by molar-refractivity contribution is 0.196. The van der Waals surface area contributed by atoms with Crippen molar-refractivity contribution in [3.8, 4) is 0 Å². The highest BCUT2D eigenvalue weighted by Gasteiger charge is 2.15. The summed E-state index contributed by atoms with van der Waals surface area (Å²) in [5.41, 5.74) is 1.11. The van der Waals surface area contributed by atoms with Crippen LogP contribution in [0.1, 0.15) is 30.0 Å². The van der Waals surface area contributed by atoms with Gasteiger partial charge in [-0.05, 0) is 55.8 Å². The van der Waals surface area contributed by atoms with Crippen LogP contribution in [-0.4, -0.2) is 19.9 Å². The molecule has 1 aromatic carbocycles. The minimum Gasteiger partial charge on any atom is -0.389 e. The number of aliphatic hydroxyl groups excluding tert-OH is 1. The minimum absolute atomic E-state index is 0.311. The molecule has 0 aliphatic carbocycles. The van der Waals surface area contributed by atoms with Crippen molar-refractivity contribution in [1.82, 2.24) is 14.8 Å². The quantitative estimate of drug-likeness (QED) is 0.940. The molecule has 4 nitrogen and oxygen atoms in total. The fourth-order valence-corrected chi connectivity index (χ4v) is 2.79. The Morgan fingerprint density at radius 3 is 2.53 bits per heavy atom. The van der Waals surface area contributed by atoms with Gasteiger partial charge in [0.25, 0.3) is 0 Å². The molecule has 0 amide bonds. The summed E-state index contributed by atoms with van der Waals surface area (Å²) >= 11 is 1.38. The van der Waals surface area contributed by atoms with Gasteiger partial charge in [0.05, 0.1) is 6.10 Å². The number of aromatic nitrogens is 3. The summed E-state index contributed by atoms with van der Waals surface area (Å²) in [6.45, 7) is 5.19. The first kappa shape index (κ1) is 14.0. The van der Waals surface area contributed by atoms with Gasteiger partial charge in [0.15, 0.2) is 5.16 Å². The van der Waals surface area contributed by atoms with Gasteiger partial charge in [0, 0.05) is 11.9 Å². The molecule has 19 heavy (non-hydrogen) atoms. The molecule has 0 spiro atoms. The Balaban J connectivity index is 2.44. The van der Waals surface area contributed by atoms with E-state index in [1.54, 1.807) is 19.9 Å². The predicted molar refractivity (Wildman–Crippen MR) is 71.6 cm³/mol. The van der Waals surface area contributed by atoms with Crippen molar-refractivity contribution in [3.63, 3.8) is 0 Å². The Morgan fingerprint density at radius 2 is 2.00 bits per heavy atom. The van der Waals surface area contributed by atoms with Gasteiger partial charge in [-0.15, -0.1) is 10.2 Å². The Labute approximate surface area is 115 Å². The molecule has 0 radical (unpaired) electrons. The summed E-state index contributed by atoms with van der Waals surface area (Å²) in [7, 11) is 1.87. The number of benzene rings is 1. The van der Waals surface area contributed by atoms with Crippen LogP contribution in [0, 0.1) is 19.7 Å². The summed E-state index contributed by atoms with van der Waals surface area (Å²) in [5, 5.41) is 18.5. The predicted octanol–water partition coefficient (Wildman–Crippen LogP) is 2.78. The number of nitrogens with zero attached hydrogens (tertiary/aromatic N) is 3. The summed E-state index contributed by atoms with van der Waals surface area (Å²) in [6.07, 6.45) is -0.730. The fraction of sp³-hybridized carbons (Fsp3) is 0.385. The van der Waals surface area contributed by atoms with Crippen molar-refractivity contribution in [2.45, 2.75) is 36.9 Å². The molecule has 1 heterocycles. The average molecular weight is 281 g/mol. The smallest absolute Gasteiger partial charge is 0.195 e. The van der Waals surface area contributed by atoms with Crippen LogP contribution < -0.4 is 0 Å². The molecule has 0 saturated heterocycles. The second kappa shape index (κ2) is 5.30. The monoisotopic (exact) mass is 281 g/mol. The maximum absolute atomic E-state index is 13.6. The Bertz CT molecular complexity index is 610. The first-order valence-corrected chi connectivity index (χ1v) is 6.73. The van der Waals surface area contributed by atoms with Crippen LogP contribution in [0.25, 0.3) is 0 Å². The van der Waals surface area contributed by atoms with E-state index in [0.717, 1.165) is 10.7 Å². The van der Waals surface area contributed by atoms with Crippen molar-refractivity contribution >= 4 is 11.8 Å². The second-order valence-corrected chi connectivity index (χ2v) is 5.52. The third-order valence-electron chi connectivity index (χ3n) is 3.00. The largest absolute Gasteiger partial charge is 0.389 e. The Morgan fingerprint density at radius 1 is 1.32 bits per heavy atom. The van der Waals surface area contributed by atoms with E-state index in [-0.39, 0.29) is 5.82 Å². The van der Waals surface area contributed by atoms with Crippen LogP contribution >= 0.6 is 11.8 Å². The number of hydrogen-bond acceptors (Lipinski definition) is 4. The van der Waals surface area contributed by atoms with Gasteiger partial charge in [0.1, 0.15) is 11.6 Å². The molecule has 1 atom stereocenters. The van der Waals surface area contributed by atoms with Crippen LogP contribution in [0.5, 0.6) is 0 Å². The normalized spacial score (nSPS) is 12.7. The van der Waals surface area contributed by atoms with Crippen molar-refractivity contribution in [1.29, 1.82) is 0 Å². The summed E-state index contributed by atoms with van der Waals surface area (Å²) in [5.74, 6) is 0.495. The van der Waals surface area contributed by atoms with E-state index < -0.39 is 6.10 Å². The van der Waals surface area contributed by atoms with Gasteiger partial charge in [-0.25, -0.2) is 4.39 Å². The number of aliphatic hydroxyl groups is 1. The number of rotatable bonds is 3. The SMILES string of the molecule is Cc1cc(Sc2nnc(C)n2C)c([C@@H](C)O)cc1F. The first-order valence-electron chi connectivity index (χ1n) is 5.92. The fourth-order valence-electron chi connectivity index (χ4n) is 1.66. The van der Waals surface area contributed by atoms with E-state index in [0.29, 0.717) is 16.3 Å². The van der Waals surface area contributed by atoms with E-state index >= 15 is 0 Å². The average Bonchev–Trinajstić information content (AvgIpc) is 2.65. The van der Waals surface area contributed by atoms with Crippen LogP contribution in [-0.2, 0) is 7.05 Å². The van der Waals surface area contributed by atoms with Crippen molar-refractivity contribution in [3.05, 3.63) is 34.9 Å². The minimum atomic E-state index is -0.730. The van der Waals surface area contributed by atoms with Crippen molar-refractivity contribution < 1.29 is 9.50 Å². The molecule has 0 fully saturated rings. The van der Waals surface area contributed by atoms with E-state index in [1.807, 2.05) is 18.5 Å².